The summed E-state index contributed by atoms with van der Waals surface area (Å²) >= 11 is 0. The molecule has 3 aliphatic rings. The molecule has 2 unspecified atom stereocenters. The predicted octanol–water partition coefficient (Wildman–Crippen LogP) is 2.44. The molecule has 3 saturated carbocycles. The average Bonchev–Trinajstić information content (AvgIpc) is 2.58. The Kier molecular flexibility index (Phi) is 0.574. The Morgan fingerprint density at radius 3 is 2.11 bits per heavy atom. The van der Waals surface area contributed by atoms with E-state index in [-0.39, 0.29) is 0 Å². The van der Waals surface area contributed by atoms with Crippen LogP contribution in [0.5, 0.6) is 0 Å². The van der Waals surface area contributed by atoms with E-state index in [1.165, 1.54) is 11.8 Å². The molecule has 3 aliphatic carbocycles. The summed E-state index contributed by atoms with van der Waals surface area (Å²) in [5.41, 5.74) is 0.946. The zero-order valence-corrected chi connectivity index (χ0v) is 6.06. The fourth-order valence-corrected chi connectivity index (χ4v) is 2.98. The van der Waals surface area contributed by atoms with Gasteiger partial charge in [0.25, 0.3) is 0 Å². The predicted molar refractivity (Wildman–Crippen MR) is 37.0 cm³/mol. The van der Waals surface area contributed by atoms with Crippen molar-refractivity contribution in [2.75, 3.05) is 0 Å². The maximum atomic E-state index is 2.44. The SMILES string of the molecule is CC1C2CC3(CC3)CC12. The minimum absolute atomic E-state index is 0.946. The first-order valence-electron chi connectivity index (χ1n) is 4.31. The smallest absolute Gasteiger partial charge is 0.0291 e. The molecule has 3 fully saturated rings. The Balaban J connectivity index is 1.82. The van der Waals surface area contributed by atoms with Gasteiger partial charge in [0.1, 0.15) is 0 Å². The van der Waals surface area contributed by atoms with Gasteiger partial charge in [-0.3, -0.25) is 0 Å². The Hall–Kier alpha value is 0. The molecule has 50 valence electrons. The summed E-state index contributed by atoms with van der Waals surface area (Å²) in [4.78, 5) is 0. The van der Waals surface area contributed by atoms with Crippen molar-refractivity contribution in [3.8, 4) is 0 Å². The highest BCUT2D eigenvalue weighted by atomic mass is 14.7. The molecule has 0 amide bonds. The van der Waals surface area contributed by atoms with Crippen molar-refractivity contribution < 1.29 is 0 Å². The second-order valence-corrected chi connectivity index (χ2v) is 4.60. The highest BCUT2D eigenvalue weighted by Crippen LogP contribution is 2.72. The number of rotatable bonds is 0. The first-order valence-corrected chi connectivity index (χ1v) is 4.31. The van der Waals surface area contributed by atoms with E-state index < -0.39 is 0 Å². The third-order valence-corrected chi connectivity index (χ3v) is 4.05. The topological polar surface area (TPSA) is 0 Å². The molecule has 0 aromatic carbocycles. The van der Waals surface area contributed by atoms with Crippen molar-refractivity contribution in [2.24, 2.45) is 23.2 Å². The van der Waals surface area contributed by atoms with Crippen molar-refractivity contribution in [3.63, 3.8) is 0 Å². The van der Waals surface area contributed by atoms with Gasteiger partial charge in [0, 0.05) is 0 Å². The fraction of sp³-hybridized carbons (Fsp3) is 1.00. The van der Waals surface area contributed by atoms with Crippen LogP contribution in [-0.4, -0.2) is 0 Å². The van der Waals surface area contributed by atoms with Gasteiger partial charge in [-0.25, -0.2) is 0 Å². The molecule has 0 heterocycles. The first-order chi connectivity index (χ1) is 4.31. The molecule has 0 N–H and O–H groups in total. The van der Waals surface area contributed by atoms with Crippen LogP contribution in [0.25, 0.3) is 0 Å². The van der Waals surface area contributed by atoms with Gasteiger partial charge in [-0.15, -0.1) is 0 Å². The summed E-state index contributed by atoms with van der Waals surface area (Å²) in [6.45, 7) is 2.44. The van der Waals surface area contributed by atoms with Crippen molar-refractivity contribution in [1.82, 2.24) is 0 Å². The van der Waals surface area contributed by atoms with E-state index in [4.69, 9.17) is 0 Å². The second-order valence-electron chi connectivity index (χ2n) is 4.60. The van der Waals surface area contributed by atoms with Crippen molar-refractivity contribution in [3.05, 3.63) is 0 Å². The second kappa shape index (κ2) is 1.09. The molecule has 9 heavy (non-hydrogen) atoms. The lowest BCUT2D eigenvalue weighted by molar-refractivity contribution is 0.432. The van der Waals surface area contributed by atoms with Crippen molar-refractivity contribution >= 4 is 0 Å². The summed E-state index contributed by atoms with van der Waals surface area (Å²) in [5, 5.41) is 0. The van der Waals surface area contributed by atoms with Crippen LogP contribution in [0.3, 0.4) is 0 Å². The zero-order valence-electron chi connectivity index (χ0n) is 6.06. The molecule has 0 radical (unpaired) electrons. The molecule has 0 aromatic rings. The Morgan fingerprint density at radius 1 is 1.11 bits per heavy atom. The van der Waals surface area contributed by atoms with E-state index in [2.05, 4.69) is 6.92 Å². The van der Waals surface area contributed by atoms with Crippen LogP contribution in [0.15, 0.2) is 0 Å². The van der Waals surface area contributed by atoms with Crippen LogP contribution in [-0.2, 0) is 0 Å². The minimum Gasteiger partial charge on any atom is -0.0620 e. The molecule has 0 saturated heterocycles. The van der Waals surface area contributed by atoms with Crippen molar-refractivity contribution in [2.45, 2.75) is 32.6 Å². The number of hydrogen-bond donors (Lipinski definition) is 0. The summed E-state index contributed by atoms with van der Waals surface area (Å²) in [7, 11) is 0. The monoisotopic (exact) mass is 122 g/mol. The van der Waals surface area contributed by atoms with E-state index in [0.717, 1.165) is 11.3 Å². The molecule has 0 heteroatoms. The third-order valence-electron chi connectivity index (χ3n) is 4.05. The third kappa shape index (κ3) is 0.461. The van der Waals surface area contributed by atoms with Gasteiger partial charge in [-0.05, 0) is 48.9 Å². The summed E-state index contributed by atoms with van der Waals surface area (Å²) in [5.74, 6) is 3.50. The summed E-state index contributed by atoms with van der Waals surface area (Å²) < 4.78 is 0. The molecule has 1 spiro atoms. The van der Waals surface area contributed by atoms with Gasteiger partial charge in [0.2, 0.25) is 0 Å². The van der Waals surface area contributed by atoms with Crippen LogP contribution < -0.4 is 0 Å². The Morgan fingerprint density at radius 2 is 1.67 bits per heavy atom. The largest absolute Gasteiger partial charge is 0.0620 e. The number of fused-ring (bicyclic) bond motifs is 1. The quantitative estimate of drug-likeness (QED) is 0.463. The van der Waals surface area contributed by atoms with E-state index in [9.17, 15) is 0 Å². The molecule has 0 aliphatic heterocycles. The van der Waals surface area contributed by atoms with Gasteiger partial charge in [-0.1, -0.05) is 6.92 Å². The molecule has 0 aromatic heterocycles. The lowest BCUT2D eigenvalue weighted by atomic mass is 9.98. The highest BCUT2D eigenvalue weighted by molar-refractivity contribution is 5.12. The maximum absolute atomic E-state index is 2.44. The molecule has 3 rings (SSSR count). The van der Waals surface area contributed by atoms with E-state index in [1.807, 2.05) is 0 Å². The van der Waals surface area contributed by atoms with Gasteiger partial charge < -0.3 is 0 Å². The lowest BCUT2D eigenvalue weighted by Crippen LogP contribution is -1.97. The van der Waals surface area contributed by atoms with Crippen LogP contribution in [0.4, 0.5) is 0 Å². The normalized spacial score (nSPS) is 57.7. The Bertz CT molecular complexity index is 141. The summed E-state index contributed by atoms with van der Waals surface area (Å²) in [6, 6.07) is 0. The van der Waals surface area contributed by atoms with E-state index >= 15 is 0 Å². The molecule has 0 bridgehead atoms. The van der Waals surface area contributed by atoms with Gasteiger partial charge in [0.05, 0.1) is 0 Å². The van der Waals surface area contributed by atoms with Crippen molar-refractivity contribution in [1.29, 1.82) is 0 Å². The Labute approximate surface area is 56.6 Å². The highest BCUT2D eigenvalue weighted by Gasteiger charge is 2.62. The molecular formula is C9H14. The maximum Gasteiger partial charge on any atom is -0.0291 e. The lowest BCUT2D eigenvalue weighted by Gasteiger charge is -2.07. The molecular weight excluding hydrogens is 108 g/mol. The average molecular weight is 122 g/mol. The van der Waals surface area contributed by atoms with Crippen LogP contribution in [0.1, 0.15) is 32.6 Å². The van der Waals surface area contributed by atoms with Crippen LogP contribution in [0.2, 0.25) is 0 Å². The van der Waals surface area contributed by atoms with Crippen LogP contribution in [0, 0.1) is 23.2 Å². The van der Waals surface area contributed by atoms with Gasteiger partial charge >= 0.3 is 0 Å². The summed E-state index contributed by atoms with van der Waals surface area (Å²) in [6.07, 6.45) is 6.37. The molecule has 2 atom stereocenters. The molecule has 0 nitrogen and oxygen atoms in total. The number of hydrogen-bond acceptors (Lipinski definition) is 0. The minimum atomic E-state index is 0.946. The standard InChI is InChI=1S/C9H14/c1-6-7-4-9(2-3-9)5-8(6)7/h6-8H,2-5H2,1H3. The zero-order chi connectivity index (χ0) is 6.06. The van der Waals surface area contributed by atoms with E-state index in [0.29, 0.717) is 0 Å². The van der Waals surface area contributed by atoms with Crippen LogP contribution >= 0.6 is 0 Å². The fourth-order valence-electron chi connectivity index (χ4n) is 2.98. The van der Waals surface area contributed by atoms with E-state index in [1.54, 1.807) is 25.7 Å². The van der Waals surface area contributed by atoms with Gasteiger partial charge in [-0.2, -0.15) is 0 Å². The van der Waals surface area contributed by atoms with Gasteiger partial charge in [0.15, 0.2) is 0 Å². The first kappa shape index (κ1) is 4.76.